The van der Waals surface area contributed by atoms with Crippen LogP contribution in [-0.4, -0.2) is 44.9 Å². The van der Waals surface area contributed by atoms with Gasteiger partial charge in [0.1, 0.15) is 0 Å². The van der Waals surface area contributed by atoms with Crippen LogP contribution in [-0.2, 0) is 15.6 Å². The predicted molar refractivity (Wildman–Crippen MR) is 134 cm³/mol. The SMILES string of the molecule is CC1(C)C(/C=C2/C(=O)C(/C=C3\Nc4ccc(C(=O)O)cc4C3(C)C)C2O)=Nc2ccc(C(=O)O)cc21. The summed E-state index contributed by atoms with van der Waals surface area (Å²) in [7, 11) is 0. The number of aliphatic hydroxyl groups excluding tert-OH is 1. The molecule has 36 heavy (non-hydrogen) atoms. The third-order valence-electron chi connectivity index (χ3n) is 7.57. The number of Topliss-reactive ketones (excluding diaryl/α,β-unsaturated/α-hetero) is 1. The second kappa shape index (κ2) is 7.73. The van der Waals surface area contributed by atoms with E-state index in [1.807, 2.05) is 27.7 Å². The molecule has 2 heterocycles. The number of hydrogen-bond acceptors (Lipinski definition) is 6. The van der Waals surface area contributed by atoms with Crippen LogP contribution < -0.4 is 5.32 Å². The highest BCUT2D eigenvalue weighted by Gasteiger charge is 2.46. The van der Waals surface area contributed by atoms with Crippen molar-refractivity contribution in [2.45, 2.75) is 44.6 Å². The molecule has 0 saturated heterocycles. The molecule has 2 unspecified atom stereocenters. The number of anilines is 1. The number of ketones is 1. The number of carboxylic acid groups (broad SMARTS) is 2. The summed E-state index contributed by atoms with van der Waals surface area (Å²) in [4.78, 5) is 40.5. The van der Waals surface area contributed by atoms with E-state index in [-0.39, 0.29) is 22.5 Å². The molecule has 8 nitrogen and oxygen atoms in total. The third-order valence-corrected chi connectivity index (χ3v) is 7.57. The maximum absolute atomic E-state index is 13.1. The van der Waals surface area contributed by atoms with Crippen LogP contribution in [0.1, 0.15) is 59.5 Å². The number of aliphatic imine (C=N–C) groups is 1. The molecular weight excluding hydrogens is 460 g/mol. The molecule has 3 aliphatic rings. The molecule has 2 aromatic carbocycles. The summed E-state index contributed by atoms with van der Waals surface area (Å²) in [5.74, 6) is -2.98. The van der Waals surface area contributed by atoms with Gasteiger partial charge in [0, 0.05) is 27.8 Å². The van der Waals surface area contributed by atoms with Crippen LogP contribution >= 0.6 is 0 Å². The van der Waals surface area contributed by atoms with Gasteiger partial charge in [-0.3, -0.25) is 9.79 Å². The van der Waals surface area contributed by atoms with E-state index in [2.05, 4.69) is 10.3 Å². The summed E-state index contributed by atoms with van der Waals surface area (Å²) in [6.45, 7) is 7.69. The average Bonchev–Trinajstić information content (AvgIpc) is 3.23. The minimum absolute atomic E-state index is 0.167. The van der Waals surface area contributed by atoms with Crippen molar-refractivity contribution >= 4 is 34.8 Å². The number of carbonyl (C=O) groups excluding carboxylic acids is 1. The molecule has 1 aliphatic carbocycles. The average molecular weight is 487 g/mol. The van der Waals surface area contributed by atoms with Crippen LogP contribution in [0.25, 0.3) is 0 Å². The Hall–Kier alpha value is -4.04. The first-order valence-corrected chi connectivity index (χ1v) is 11.6. The molecule has 0 spiro atoms. The number of nitrogens with zero attached hydrogens (tertiary/aromatic N) is 1. The molecule has 184 valence electrons. The molecular formula is C28H26N2O6. The number of benzene rings is 2. The Morgan fingerprint density at radius 3 is 2.17 bits per heavy atom. The number of carbonyl (C=O) groups is 3. The first kappa shape index (κ1) is 23.7. The van der Waals surface area contributed by atoms with Gasteiger partial charge in [-0.2, -0.15) is 0 Å². The van der Waals surface area contributed by atoms with Crippen molar-refractivity contribution in [2.75, 3.05) is 5.32 Å². The molecule has 0 amide bonds. The fraction of sp³-hybridized carbons (Fsp3) is 0.286. The Kier molecular flexibility index (Phi) is 5.09. The van der Waals surface area contributed by atoms with Gasteiger partial charge in [0.15, 0.2) is 5.78 Å². The van der Waals surface area contributed by atoms with Crippen molar-refractivity contribution in [2.24, 2.45) is 10.9 Å². The van der Waals surface area contributed by atoms with Gasteiger partial charge < -0.3 is 20.6 Å². The van der Waals surface area contributed by atoms with Crippen molar-refractivity contribution in [1.82, 2.24) is 0 Å². The molecule has 0 bridgehead atoms. The summed E-state index contributed by atoms with van der Waals surface area (Å²) in [6.07, 6.45) is 2.32. The smallest absolute Gasteiger partial charge is 0.335 e. The van der Waals surface area contributed by atoms with E-state index in [9.17, 15) is 29.7 Å². The van der Waals surface area contributed by atoms with Crippen LogP contribution in [0.3, 0.4) is 0 Å². The lowest BCUT2D eigenvalue weighted by Crippen LogP contribution is -2.45. The zero-order valence-electron chi connectivity index (χ0n) is 20.3. The summed E-state index contributed by atoms with van der Waals surface area (Å²) < 4.78 is 0. The van der Waals surface area contributed by atoms with Crippen molar-refractivity contribution in [3.8, 4) is 0 Å². The van der Waals surface area contributed by atoms with Crippen molar-refractivity contribution in [3.63, 3.8) is 0 Å². The predicted octanol–water partition coefficient (Wildman–Crippen LogP) is 4.22. The van der Waals surface area contributed by atoms with Gasteiger partial charge in [-0.15, -0.1) is 0 Å². The molecule has 0 aromatic heterocycles. The molecule has 5 rings (SSSR count). The van der Waals surface area contributed by atoms with Gasteiger partial charge in [-0.25, -0.2) is 9.59 Å². The molecule has 2 aliphatic heterocycles. The second-order valence-corrected chi connectivity index (χ2v) is 10.5. The van der Waals surface area contributed by atoms with Crippen molar-refractivity contribution in [3.05, 3.63) is 82.1 Å². The number of rotatable bonds is 4. The topological polar surface area (TPSA) is 136 Å². The Labute approximate surface area is 207 Å². The van der Waals surface area contributed by atoms with Crippen LogP contribution in [0.4, 0.5) is 11.4 Å². The normalized spacial score (nSPS) is 25.1. The van der Waals surface area contributed by atoms with E-state index in [0.717, 1.165) is 22.5 Å². The van der Waals surface area contributed by atoms with Crippen LogP contribution in [0.2, 0.25) is 0 Å². The van der Waals surface area contributed by atoms with Gasteiger partial charge in [0.2, 0.25) is 0 Å². The van der Waals surface area contributed by atoms with Crippen LogP contribution in [0, 0.1) is 5.92 Å². The third kappa shape index (κ3) is 3.40. The van der Waals surface area contributed by atoms with Gasteiger partial charge >= 0.3 is 11.9 Å². The monoisotopic (exact) mass is 486 g/mol. The highest BCUT2D eigenvalue weighted by Crippen LogP contribution is 2.46. The van der Waals surface area contributed by atoms with Crippen LogP contribution in [0.15, 0.2) is 64.8 Å². The lowest BCUT2D eigenvalue weighted by atomic mass is 9.71. The minimum atomic E-state index is -1.02. The second-order valence-electron chi connectivity index (χ2n) is 10.5. The number of fused-ring (bicyclic) bond motifs is 2. The van der Waals surface area contributed by atoms with E-state index >= 15 is 0 Å². The molecule has 2 aromatic rings. The van der Waals surface area contributed by atoms with Crippen molar-refractivity contribution in [1.29, 1.82) is 0 Å². The zero-order valence-corrected chi connectivity index (χ0v) is 20.3. The Bertz CT molecular complexity index is 1460. The summed E-state index contributed by atoms with van der Waals surface area (Å²) in [5.41, 5.74) is 3.71. The number of aromatic carboxylic acids is 2. The van der Waals surface area contributed by atoms with E-state index in [1.165, 1.54) is 12.1 Å². The number of hydrogen-bond donors (Lipinski definition) is 4. The van der Waals surface area contributed by atoms with Crippen molar-refractivity contribution < 1.29 is 29.7 Å². The summed E-state index contributed by atoms with van der Waals surface area (Å²) in [5, 5.41) is 32.8. The largest absolute Gasteiger partial charge is 0.478 e. The number of nitrogens with one attached hydrogen (secondary N) is 1. The van der Waals surface area contributed by atoms with Crippen LogP contribution in [0.5, 0.6) is 0 Å². The minimum Gasteiger partial charge on any atom is -0.478 e. The Morgan fingerprint density at radius 1 is 0.944 bits per heavy atom. The first-order valence-electron chi connectivity index (χ1n) is 11.6. The summed E-state index contributed by atoms with van der Waals surface area (Å²) in [6, 6.07) is 9.61. The Morgan fingerprint density at radius 2 is 1.56 bits per heavy atom. The highest BCUT2D eigenvalue weighted by molar-refractivity contribution is 6.16. The molecule has 4 N–H and O–H groups in total. The number of allylic oxidation sites excluding steroid dienone is 2. The fourth-order valence-electron chi connectivity index (χ4n) is 5.12. The molecule has 0 radical (unpaired) electrons. The lowest BCUT2D eigenvalue weighted by Gasteiger charge is -2.34. The number of carboxylic acids is 2. The zero-order chi connectivity index (χ0) is 26.2. The number of aliphatic hydroxyl groups is 1. The van der Waals surface area contributed by atoms with Gasteiger partial charge in [-0.1, -0.05) is 33.8 Å². The standard InChI is InChI=1S/C28H26N2O6/c1-27(2)17-9-13(25(33)34)5-7-19(17)29-21(27)11-15-23(31)16(24(15)32)12-22-28(3,4)18-10-14(26(35)36)6-8-20(18)30-22/h5-12,15,23,29,31H,1-4H3,(H,33,34)(H,35,36)/b16-12+,21-11-. The molecule has 8 heteroatoms. The van der Waals surface area contributed by atoms with E-state index in [0.29, 0.717) is 11.4 Å². The maximum atomic E-state index is 13.1. The van der Waals surface area contributed by atoms with Gasteiger partial charge in [0.05, 0.1) is 34.5 Å². The van der Waals surface area contributed by atoms with E-state index in [1.54, 1.807) is 36.4 Å². The maximum Gasteiger partial charge on any atom is 0.335 e. The molecule has 1 saturated carbocycles. The van der Waals surface area contributed by atoms with E-state index < -0.39 is 34.8 Å². The summed E-state index contributed by atoms with van der Waals surface area (Å²) >= 11 is 0. The first-order chi connectivity index (χ1) is 16.8. The fourth-order valence-corrected chi connectivity index (χ4v) is 5.12. The quantitative estimate of drug-likeness (QED) is 0.475. The van der Waals surface area contributed by atoms with Gasteiger partial charge in [0.25, 0.3) is 0 Å². The Balaban J connectivity index is 1.41. The van der Waals surface area contributed by atoms with E-state index in [4.69, 9.17) is 0 Å². The molecule has 1 fully saturated rings. The highest BCUT2D eigenvalue weighted by atomic mass is 16.4. The molecule has 2 atom stereocenters. The lowest BCUT2D eigenvalue weighted by molar-refractivity contribution is -0.127. The van der Waals surface area contributed by atoms with Gasteiger partial charge in [-0.05, 0) is 53.6 Å².